The fourth-order valence-corrected chi connectivity index (χ4v) is 4.27. The van der Waals surface area contributed by atoms with E-state index in [2.05, 4.69) is 4.98 Å². The summed E-state index contributed by atoms with van der Waals surface area (Å²) >= 11 is 0. The number of morpholine rings is 1. The highest BCUT2D eigenvalue weighted by atomic mass is 32.2. The Hall–Kier alpha value is -1.51. The predicted octanol–water partition coefficient (Wildman–Crippen LogP) is 1.03. The number of hydrogen-bond donors (Lipinski definition) is 1. The fraction of sp³-hybridized carbons (Fsp3) is 0.571. The molecule has 0 aliphatic carbocycles. The van der Waals surface area contributed by atoms with Crippen molar-refractivity contribution in [2.75, 3.05) is 13.2 Å². The van der Waals surface area contributed by atoms with Crippen molar-refractivity contribution >= 4 is 16.0 Å². The lowest BCUT2D eigenvalue weighted by atomic mass is 10.0. The number of aliphatic carboxylic acids is 1. The standard InChI is InChI=1S/C14H20N2O5S/c1-10-4-12(7-15-6-10)22(19,20)16-8-11(5-13(17)18)21-9-14(16,2)3/h4,6-7,11H,5,8-9H2,1-3H3,(H,17,18). The van der Waals surface area contributed by atoms with E-state index in [1.165, 1.54) is 10.5 Å². The van der Waals surface area contributed by atoms with Crippen molar-refractivity contribution in [3.05, 3.63) is 24.0 Å². The van der Waals surface area contributed by atoms with Gasteiger partial charge in [0.15, 0.2) is 0 Å². The zero-order chi connectivity index (χ0) is 16.5. The van der Waals surface area contributed by atoms with Gasteiger partial charge in [0.2, 0.25) is 10.0 Å². The Kier molecular flexibility index (Phi) is 4.55. The van der Waals surface area contributed by atoms with Crippen LogP contribution in [0.1, 0.15) is 25.8 Å². The molecular weight excluding hydrogens is 308 g/mol. The molecule has 1 unspecified atom stereocenters. The lowest BCUT2D eigenvalue weighted by Crippen LogP contribution is -2.58. The SMILES string of the molecule is Cc1cncc(S(=O)(=O)N2CC(CC(=O)O)OCC2(C)C)c1. The van der Waals surface area contributed by atoms with Crippen LogP contribution in [0.3, 0.4) is 0 Å². The monoisotopic (exact) mass is 328 g/mol. The van der Waals surface area contributed by atoms with Gasteiger partial charge in [-0.1, -0.05) is 0 Å². The number of carbonyl (C=O) groups is 1. The average Bonchev–Trinajstić information content (AvgIpc) is 2.40. The topological polar surface area (TPSA) is 96.8 Å². The van der Waals surface area contributed by atoms with Gasteiger partial charge in [0.1, 0.15) is 4.90 Å². The molecular formula is C14H20N2O5S. The number of sulfonamides is 1. The molecule has 1 aromatic heterocycles. The summed E-state index contributed by atoms with van der Waals surface area (Å²) < 4.78 is 32.5. The normalized spacial score (nSPS) is 22.4. The zero-order valence-electron chi connectivity index (χ0n) is 12.8. The molecule has 1 aromatic rings. The van der Waals surface area contributed by atoms with Gasteiger partial charge in [-0.3, -0.25) is 9.78 Å². The molecule has 1 N–H and O–H groups in total. The molecule has 1 aliphatic heterocycles. The van der Waals surface area contributed by atoms with E-state index in [0.717, 1.165) is 5.56 Å². The van der Waals surface area contributed by atoms with E-state index in [1.54, 1.807) is 33.0 Å². The van der Waals surface area contributed by atoms with Crippen molar-refractivity contribution in [3.8, 4) is 0 Å². The van der Waals surface area contributed by atoms with Gasteiger partial charge in [-0.15, -0.1) is 0 Å². The summed E-state index contributed by atoms with van der Waals surface area (Å²) in [6, 6.07) is 1.56. The molecule has 0 aromatic carbocycles. The highest BCUT2D eigenvalue weighted by molar-refractivity contribution is 7.89. The second-order valence-corrected chi connectivity index (χ2v) is 7.94. The van der Waals surface area contributed by atoms with Crippen LogP contribution < -0.4 is 0 Å². The van der Waals surface area contributed by atoms with Gasteiger partial charge in [-0.2, -0.15) is 4.31 Å². The highest BCUT2D eigenvalue weighted by Gasteiger charge is 2.43. The van der Waals surface area contributed by atoms with Crippen LogP contribution in [0.5, 0.6) is 0 Å². The number of carboxylic acid groups (broad SMARTS) is 1. The molecule has 0 saturated carbocycles. The number of pyridine rings is 1. The minimum atomic E-state index is -3.76. The van der Waals surface area contributed by atoms with E-state index in [-0.39, 0.29) is 24.5 Å². The Balaban J connectivity index is 2.35. The van der Waals surface area contributed by atoms with Gasteiger partial charge in [0.25, 0.3) is 0 Å². The van der Waals surface area contributed by atoms with Crippen molar-refractivity contribution < 1.29 is 23.1 Å². The van der Waals surface area contributed by atoms with E-state index in [4.69, 9.17) is 9.84 Å². The Bertz CT molecular complexity index is 672. The Labute approximate surface area is 130 Å². The highest BCUT2D eigenvalue weighted by Crippen LogP contribution is 2.30. The third-order valence-electron chi connectivity index (χ3n) is 3.56. The maximum atomic E-state index is 12.9. The molecule has 0 amide bonds. The van der Waals surface area contributed by atoms with Gasteiger partial charge in [-0.25, -0.2) is 8.42 Å². The number of aromatic nitrogens is 1. The summed E-state index contributed by atoms with van der Waals surface area (Å²) in [4.78, 5) is 14.9. The molecule has 22 heavy (non-hydrogen) atoms. The Morgan fingerprint density at radius 1 is 1.50 bits per heavy atom. The van der Waals surface area contributed by atoms with Gasteiger partial charge >= 0.3 is 5.97 Å². The van der Waals surface area contributed by atoms with Gasteiger partial charge in [0, 0.05) is 18.9 Å². The minimum absolute atomic E-state index is 0.00950. The number of carboxylic acids is 1. The summed E-state index contributed by atoms with van der Waals surface area (Å²) in [5.41, 5.74) is -0.00774. The number of ether oxygens (including phenoxy) is 1. The maximum Gasteiger partial charge on any atom is 0.306 e. The van der Waals surface area contributed by atoms with Gasteiger partial charge in [-0.05, 0) is 32.4 Å². The quantitative estimate of drug-likeness (QED) is 0.887. The molecule has 122 valence electrons. The molecule has 1 atom stereocenters. The average molecular weight is 328 g/mol. The third kappa shape index (κ3) is 3.45. The van der Waals surface area contributed by atoms with Crippen LogP contribution >= 0.6 is 0 Å². The van der Waals surface area contributed by atoms with E-state index in [0.29, 0.717) is 0 Å². The first kappa shape index (κ1) is 16.9. The fourth-order valence-electron chi connectivity index (χ4n) is 2.42. The smallest absolute Gasteiger partial charge is 0.306 e. The van der Waals surface area contributed by atoms with Gasteiger partial charge in [0.05, 0.1) is 24.7 Å². The van der Waals surface area contributed by atoms with Crippen LogP contribution in [0.15, 0.2) is 23.4 Å². The number of hydrogen-bond acceptors (Lipinski definition) is 5. The van der Waals surface area contributed by atoms with E-state index in [9.17, 15) is 13.2 Å². The summed E-state index contributed by atoms with van der Waals surface area (Å²) in [5.74, 6) is -1.01. The van der Waals surface area contributed by atoms with Crippen molar-refractivity contribution in [2.24, 2.45) is 0 Å². The summed E-state index contributed by atoms with van der Waals surface area (Å²) in [6.45, 7) is 5.43. The van der Waals surface area contributed by atoms with Crippen LogP contribution in [-0.4, -0.2) is 53.6 Å². The van der Waals surface area contributed by atoms with E-state index >= 15 is 0 Å². The Morgan fingerprint density at radius 3 is 2.77 bits per heavy atom. The second-order valence-electron chi connectivity index (χ2n) is 6.08. The van der Waals surface area contributed by atoms with Crippen LogP contribution in [0.2, 0.25) is 0 Å². The second kappa shape index (κ2) is 5.94. The lowest BCUT2D eigenvalue weighted by molar-refractivity contribution is -0.143. The molecule has 0 bridgehead atoms. The first-order valence-corrected chi connectivity index (χ1v) is 8.35. The first-order valence-electron chi connectivity index (χ1n) is 6.91. The Morgan fingerprint density at radius 2 is 2.18 bits per heavy atom. The minimum Gasteiger partial charge on any atom is -0.481 e. The van der Waals surface area contributed by atoms with Crippen molar-refractivity contribution in [1.29, 1.82) is 0 Å². The molecule has 1 fully saturated rings. The largest absolute Gasteiger partial charge is 0.481 e. The number of nitrogens with zero attached hydrogens (tertiary/aromatic N) is 2. The van der Waals surface area contributed by atoms with Crippen LogP contribution in [0, 0.1) is 6.92 Å². The molecule has 2 heterocycles. The number of rotatable bonds is 4. The molecule has 1 saturated heterocycles. The number of aryl methyl sites for hydroxylation is 1. The van der Waals surface area contributed by atoms with Crippen molar-refractivity contribution in [2.45, 2.75) is 43.7 Å². The van der Waals surface area contributed by atoms with E-state index in [1.807, 2.05) is 0 Å². The summed E-state index contributed by atoms with van der Waals surface area (Å²) in [5, 5.41) is 8.88. The van der Waals surface area contributed by atoms with Crippen LogP contribution in [-0.2, 0) is 19.6 Å². The molecule has 0 spiro atoms. The lowest BCUT2D eigenvalue weighted by Gasteiger charge is -2.43. The first-order chi connectivity index (χ1) is 10.1. The molecule has 8 heteroatoms. The van der Waals surface area contributed by atoms with E-state index < -0.39 is 27.6 Å². The molecule has 2 rings (SSSR count). The molecule has 0 radical (unpaired) electrons. The van der Waals surface area contributed by atoms with Crippen molar-refractivity contribution in [3.63, 3.8) is 0 Å². The van der Waals surface area contributed by atoms with Crippen LogP contribution in [0.25, 0.3) is 0 Å². The van der Waals surface area contributed by atoms with Crippen LogP contribution in [0.4, 0.5) is 0 Å². The summed E-state index contributed by atoms with van der Waals surface area (Å²) in [6.07, 6.45) is 2.00. The third-order valence-corrected chi connectivity index (χ3v) is 5.60. The zero-order valence-corrected chi connectivity index (χ0v) is 13.6. The van der Waals surface area contributed by atoms with Gasteiger partial charge < -0.3 is 9.84 Å². The predicted molar refractivity (Wildman–Crippen MR) is 78.9 cm³/mol. The molecule has 1 aliphatic rings. The van der Waals surface area contributed by atoms with Crippen molar-refractivity contribution in [1.82, 2.24) is 9.29 Å². The molecule has 7 nitrogen and oxygen atoms in total. The summed E-state index contributed by atoms with van der Waals surface area (Å²) in [7, 11) is -3.76. The maximum absolute atomic E-state index is 12.9.